The molecule has 0 bridgehead atoms. The lowest BCUT2D eigenvalue weighted by Gasteiger charge is -2.12. The molecule has 1 N–H and O–H groups in total. The molecule has 3 nitrogen and oxygen atoms in total. The van der Waals surface area contributed by atoms with Crippen molar-refractivity contribution in [2.24, 2.45) is 5.92 Å². The normalized spacial score (nSPS) is 11.1. The standard InChI is InChI=1S/C22H23ClN2O/c1-14(2)10-11-24-22(26)18-13-21(16-6-4-5-7-19(16)23)25-20-9-8-15(3)12-17(18)20/h4-9,12-14H,10-11H2,1-3H3,(H,24,26). The maximum absolute atomic E-state index is 12.8. The van der Waals surface area contributed by atoms with Gasteiger partial charge in [-0.3, -0.25) is 4.79 Å². The number of benzene rings is 2. The average molecular weight is 367 g/mol. The number of nitrogens with one attached hydrogen (secondary N) is 1. The number of rotatable bonds is 5. The maximum atomic E-state index is 12.8. The molecule has 0 aliphatic heterocycles. The molecule has 0 saturated heterocycles. The summed E-state index contributed by atoms with van der Waals surface area (Å²) in [6.45, 7) is 6.97. The van der Waals surface area contributed by atoms with Crippen LogP contribution < -0.4 is 5.32 Å². The number of fused-ring (bicyclic) bond motifs is 1. The Bertz CT molecular complexity index is 950. The molecule has 1 heterocycles. The molecule has 0 saturated carbocycles. The Morgan fingerprint density at radius 1 is 1.15 bits per heavy atom. The smallest absolute Gasteiger partial charge is 0.252 e. The highest BCUT2D eigenvalue weighted by Gasteiger charge is 2.15. The number of aryl methyl sites for hydroxylation is 1. The van der Waals surface area contributed by atoms with Crippen LogP contribution in [0.25, 0.3) is 22.2 Å². The van der Waals surface area contributed by atoms with Gasteiger partial charge >= 0.3 is 0 Å². The first-order chi connectivity index (χ1) is 12.5. The fourth-order valence-corrected chi connectivity index (χ4v) is 3.14. The van der Waals surface area contributed by atoms with Gasteiger partial charge in [0.05, 0.1) is 16.8 Å². The SMILES string of the molecule is Cc1ccc2nc(-c3ccccc3Cl)cc(C(=O)NCCC(C)C)c2c1. The number of hydrogen-bond donors (Lipinski definition) is 1. The molecule has 0 aliphatic rings. The summed E-state index contributed by atoms with van der Waals surface area (Å²) in [5, 5.41) is 4.52. The topological polar surface area (TPSA) is 42.0 Å². The minimum absolute atomic E-state index is 0.0723. The van der Waals surface area contributed by atoms with Gasteiger partial charge in [0, 0.05) is 22.5 Å². The van der Waals surface area contributed by atoms with Crippen molar-refractivity contribution in [3.05, 3.63) is 64.7 Å². The van der Waals surface area contributed by atoms with Gasteiger partial charge in [-0.2, -0.15) is 0 Å². The Morgan fingerprint density at radius 2 is 1.92 bits per heavy atom. The van der Waals surface area contributed by atoms with E-state index in [4.69, 9.17) is 16.6 Å². The first kappa shape index (κ1) is 18.4. The first-order valence-corrected chi connectivity index (χ1v) is 9.28. The molecular formula is C22H23ClN2O. The monoisotopic (exact) mass is 366 g/mol. The summed E-state index contributed by atoms with van der Waals surface area (Å²) >= 11 is 6.34. The third kappa shape index (κ3) is 4.05. The summed E-state index contributed by atoms with van der Waals surface area (Å²) in [5.74, 6) is 0.474. The molecule has 0 unspecified atom stereocenters. The fraction of sp³-hybridized carbons (Fsp3) is 0.273. The van der Waals surface area contributed by atoms with Gasteiger partial charge in [-0.25, -0.2) is 4.98 Å². The second-order valence-electron chi connectivity index (χ2n) is 6.99. The van der Waals surface area contributed by atoms with E-state index in [-0.39, 0.29) is 5.91 Å². The number of carbonyl (C=O) groups excluding carboxylic acids is 1. The lowest BCUT2D eigenvalue weighted by atomic mass is 10.0. The van der Waals surface area contributed by atoms with Crippen LogP contribution in [-0.4, -0.2) is 17.4 Å². The molecule has 1 amide bonds. The summed E-state index contributed by atoms with van der Waals surface area (Å²) in [5.41, 5.74) is 4.06. The molecule has 1 aromatic heterocycles. The second kappa shape index (κ2) is 7.88. The van der Waals surface area contributed by atoms with Crippen molar-refractivity contribution in [2.45, 2.75) is 27.2 Å². The Morgan fingerprint density at radius 3 is 2.65 bits per heavy atom. The number of nitrogens with zero attached hydrogens (tertiary/aromatic N) is 1. The molecule has 3 aromatic rings. The second-order valence-corrected chi connectivity index (χ2v) is 7.40. The molecule has 4 heteroatoms. The highest BCUT2D eigenvalue weighted by molar-refractivity contribution is 6.33. The van der Waals surface area contributed by atoms with Gasteiger partial charge in [0.1, 0.15) is 0 Å². The molecule has 0 spiro atoms. The van der Waals surface area contributed by atoms with E-state index < -0.39 is 0 Å². The summed E-state index contributed by atoms with van der Waals surface area (Å²) in [4.78, 5) is 17.6. The quantitative estimate of drug-likeness (QED) is 0.634. The first-order valence-electron chi connectivity index (χ1n) is 8.90. The number of halogens is 1. The molecule has 3 rings (SSSR count). The van der Waals surface area contributed by atoms with Crippen molar-refractivity contribution in [2.75, 3.05) is 6.54 Å². The summed E-state index contributed by atoms with van der Waals surface area (Å²) < 4.78 is 0. The van der Waals surface area contributed by atoms with Crippen LogP contribution in [0.2, 0.25) is 5.02 Å². The number of hydrogen-bond acceptors (Lipinski definition) is 2. The van der Waals surface area contributed by atoms with Gasteiger partial charge in [0.2, 0.25) is 0 Å². The van der Waals surface area contributed by atoms with Crippen LogP contribution in [0.1, 0.15) is 36.2 Å². The van der Waals surface area contributed by atoms with E-state index in [0.717, 1.165) is 28.5 Å². The van der Waals surface area contributed by atoms with Gasteiger partial charge in [-0.1, -0.05) is 55.3 Å². The van der Waals surface area contributed by atoms with E-state index in [1.54, 1.807) is 0 Å². The van der Waals surface area contributed by atoms with E-state index in [1.165, 1.54) is 0 Å². The predicted octanol–water partition coefficient (Wildman–Crippen LogP) is 5.64. The zero-order chi connectivity index (χ0) is 18.7. The third-order valence-corrected chi connectivity index (χ3v) is 4.70. The molecule has 0 radical (unpaired) electrons. The van der Waals surface area contributed by atoms with Crippen LogP contribution in [0, 0.1) is 12.8 Å². The van der Waals surface area contributed by atoms with Crippen molar-refractivity contribution >= 4 is 28.4 Å². The fourth-order valence-electron chi connectivity index (χ4n) is 2.90. The Hall–Kier alpha value is -2.39. The summed E-state index contributed by atoms with van der Waals surface area (Å²) in [7, 11) is 0. The maximum Gasteiger partial charge on any atom is 0.252 e. The summed E-state index contributed by atoms with van der Waals surface area (Å²) in [6, 6.07) is 15.4. The van der Waals surface area contributed by atoms with Gasteiger partial charge in [-0.15, -0.1) is 0 Å². The van der Waals surface area contributed by atoms with Crippen molar-refractivity contribution in [1.82, 2.24) is 10.3 Å². The van der Waals surface area contributed by atoms with Gasteiger partial charge < -0.3 is 5.32 Å². The van der Waals surface area contributed by atoms with E-state index in [0.29, 0.717) is 28.7 Å². The minimum Gasteiger partial charge on any atom is -0.352 e. The van der Waals surface area contributed by atoms with Gasteiger partial charge in [-0.05, 0) is 43.5 Å². The zero-order valence-corrected chi connectivity index (χ0v) is 16.1. The van der Waals surface area contributed by atoms with Gasteiger partial charge in [0.25, 0.3) is 5.91 Å². The number of aromatic nitrogens is 1. The number of pyridine rings is 1. The molecule has 134 valence electrons. The van der Waals surface area contributed by atoms with Crippen molar-refractivity contribution in [3.63, 3.8) is 0 Å². The third-order valence-electron chi connectivity index (χ3n) is 4.37. The van der Waals surface area contributed by atoms with E-state index >= 15 is 0 Å². The summed E-state index contributed by atoms with van der Waals surface area (Å²) in [6.07, 6.45) is 0.950. The Kier molecular flexibility index (Phi) is 5.58. The average Bonchev–Trinajstić information content (AvgIpc) is 2.61. The zero-order valence-electron chi connectivity index (χ0n) is 15.3. The van der Waals surface area contributed by atoms with Crippen LogP contribution in [-0.2, 0) is 0 Å². The lowest BCUT2D eigenvalue weighted by Crippen LogP contribution is -2.25. The van der Waals surface area contributed by atoms with Crippen molar-refractivity contribution < 1.29 is 4.79 Å². The molecule has 0 aliphatic carbocycles. The van der Waals surface area contributed by atoms with Crippen molar-refractivity contribution in [1.29, 1.82) is 0 Å². The Labute approximate surface area is 159 Å². The molecule has 0 fully saturated rings. The van der Waals surface area contributed by atoms with E-state index in [2.05, 4.69) is 19.2 Å². The highest BCUT2D eigenvalue weighted by Crippen LogP contribution is 2.30. The van der Waals surface area contributed by atoms with Crippen LogP contribution in [0.5, 0.6) is 0 Å². The number of carbonyl (C=O) groups is 1. The predicted molar refractivity (Wildman–Crippen MR) is 109 cm³/mol. The van der Waals surface area contributed by atoms with Crippen LogP contribution in [0.4, 0.5) is 0 Å². The highest BCUT2D eigenvalue weighted by atomic mass is 35.5. The molecule has 26 heavy (non-hydrogen) atoms. The molecule has 2 aromatic carbocycles. The molecular weight excluding hydrogens is 344 g/mol. The van der Waals surface area contributed by atoms with Crippen LogP contribution in [0.15, 0.2) is 48.5 Å². The van der Waals surface area contributed by atoms with Crippen molar-refractivity contribution in [3.8, 4) is 11.3 Å². The van der Waals surface area contributed by atoms with Crippen LogP contribution >= 0.6 is 11.6 Å². The largest absolute Gasteiger partial charge is 0.352 e. The van der Waals surface area contributed by atoms with Gasteiger partial charge in [0.15, 0.2) is 0 Å². The van der Waals surface area contributed by atoms with Crippen LogP contribution in [0.3, 0.4) is 0 Å². The lowest BCUT2D eigenvalue weighted by molar-refractivity contribution is 0.0953. The molecule has 0 atom stereocenters. The van der Waals surface area contributed by atoms with E-state index in [1.807, 2.05) is 55.5 Å². The number of amides is 1. The van der Waals surface area contributed by atoms with E-state index in [9.17, 15) is 4.79 Å². The minimum atomic E-state index is -0.0723. The Balaban J connectivity index is 2.08.